The van der Waals surface area contributed by atoms with Crippen molar-refractivity contribution in [3.05, 3.63) is 85.1 Å². The number of hydrogen-bond acceptors (Lipinski definition) is 7. The molecule has 0 radical (unpaired) electrons. The van der Waals surface area contributed by atoms with Gasteiger partial charge < -0.3 is 28.5 Å². The molecule has 0 aliphatic rings. The monoisotopic (exact) mass is 743 g/mol. The summed E-state index contributed by atoms with van der Waals surface area (Å²) in [4.78, 5) is 36.9. The molecule has 0 fully saturated rings. The van der Waals surface area contributed by atoms with Crippen LogP contribution in [0.4, 0.5) is 0 Å². The number of quaternary nitrogens is 1. The summed E-state index contributed by atoms with van der Waals surface area (Å²) in [5.41, 5.74) is 0. The third kappa shape index (κ3) is 36.6. The van der Waals surface area contributed by atoms with Gasteiger partial charge in [0.1, 0.15) is 13.2 Å². The Labute approximate surface area is 321 Å². The fraction of sp³-hybridized carbons (Fsp3) is 0.614. The lowest BCUT2D eigenvalue weighted by atomic mass is 10.1. The van der Waals surface area contributed by atoms with Crippen molar-refractivity contribution in [1.82, 2.24) is 0 Å². The molecular weight excluding hydrogens is 670 g/mol. The summed E-state index contributed by atoms with van der Waals surface area (Å²) in [6, 6.07) is 0. The third-order valence-corrected chi connectivity index (χ3v) is 7.65. The Morgan fingerprint density at radius 1 is 0.604 bits per heavy atom. The van der Waals surface area contributed by atoms with Gasteiger partial charge in [0.2, 0.25) is 0 Å². The van der Waals surface area contributed by atoms with E-state index in [-0.39, 0.29) is 32.7 Å². The maximum absolute atomic E-state index is 12.6. The van der Waals surface area contributed by atoms with E-state index in [1.54, 1.807) is 6.08 Å². The molecule has 2 unspecified atom stereocenters. The Morgan fingerprint density at radius 3 is 1.70 bits per heavy atom. The molecule has 0 aromatic carbocycles. The Hall–Kier alpha value is -3.53. The molecule has 0 rings (SSSR count). The van der Waals surface area contributed by atoms with Crippen molar-refractivity contribution in [3.8, 4) is 0 Å². The topological polar surface area (TPSA) is 108 Å². The number of hydrogen-bond donors (Lipinski definition) is 1. The van der Waals surface area contributed by atoms with E-state index in [1.165, 1.54) is 6.42 Å². The largest absolute Gasteiger partial charge is 0.477 e. The minimum atomic E-state index is -1.54. The second-order valence-corrected chi connectivity index (χ2v) is 13.9. The van der Waals surface area contributed by atoms with Crippen molar-refractivity contribution >= 4 is 17.9 Å². The summed E-state index contributed by atoms with van der Waals surface area (Å²) in [6.45, 7) is 4.51. The number of esters is 2. The van der Waals surface area contributed by atoms with Gasteiger partial charge in [-0.1, -0.05) is 125 Å². The van der Waals surface area contributed by atoms with Crippen LogP contribution in [-0.2, 0) is 33.3 Å². The average Bonchev–Trinajstić information content (AvgIpc) is 3.11. The number of nitrogens with zero attached hydrogens (tertiary/aromatic N) is 1. The summed E-state index contributed by atoms with van der Waals surface area (Å²) < 4.78 is 22.5. The quantitative estimate of drug-likeness (QED) is 0.0228. The van der Waals surface area contributed by atoms with E-state index in [0.29, 0.717) is 23.9 Å². The van der Waals surface area contributed by atoms with Crippen LogP contribution in [0.15, 0.2) is 85.1 Å². The number of unbranched alkanes of at least 4 members (excludes halogenated alkanes) is 6. The molecule has 9 heteroatoms. The molecular formula is C44H72NO8+. The van der Waals surface area contributed by atoms with E-state index in [4.69, 9.17) is 18.9 Å². The van der Waals surface area contributed by atoms with E-state index in [1.807, 2.05) is 33.3 Å². The normalized spacial score (nSPS) is 13.9. The number of carboxylic acid groups (broad SMARTS) is 1. The van der Waals surface area contributed by atoms with Crippen LogP contribution < -0.4 is 0 Å². The second-order valence-electron chi connectivity index (χ2n) is 13.9. The van der Waals surface area contributed by atoms with Crippen molar-refractivity contribution in [3.63, 3.8) is 0 Å². The molecule has 0 spiro atoms. The fourth-order valence-electron chi connectivity index (χ4n) is 4.59. The molecule has 0 amide bonds. The fourth-order valence-corrected chi connectivity index (χ4v) is 4.59. The van der Waals surface area contributed by atoms with Crippen molar-refractivity contribution in [2.75, 3.05) is 47.5 Å². The summed E-state index contributed by atoms with van der Waals surface area (Å²) in [6.07, 6.45) is 41.0. The molecule has 0 aromatic heterocycles. The third-order valence-electron chi connectivity index (χ3n) is 7.65. The highest BCUT2D eigenvalue weighted by Gasteiger charge is 2.24. The van der Waals surface area contributed by atoms with Gasteiger partial charge in [0.15, 0.2) is 6.10 Å². The van der Waals surface area contributed by atoms with E-state index in [9.17, 15) is 19.5 Å². The van der Waals surface area contributed by atoms with Crippen LogP contribution in [0.5, 0.6) is 0 Å². The van der Waals surface area contributed by atoms with Crippen LogP contribution in [0.1, 0.15) is 117 Å². The van der Waals surface area contributed by atoms with E-state index >= 15 is 0 Å². The molecule has 0 aromatic rings. The minimum absolute atomic E-state index is 0.0200. The van der Waals surface area contributed by atoms with Gasteiger partial charge in [0.25, 0.3) is 6.29 Å². The Morgan fingerprint density at radius 2 is 1.13 bits per heavy atom. The van der Waals surface area contributed by atoms with Gasteiger partial charge in [0.05, 0.1) is 40.8 Å². The molecule has 300 valence electrons. The molecule has 0 saturated heterocycles. The van der Waals surface area contributed by atoms with Crippen molar-refractivity contribution in [2.45, 2.75) is 129 Å². The summed E-state index contributed by atoms with van der Waals surface area (Å²) in [5.74, 6) is -2.21. The molecule has 53 heavy (non-hydrogen) atoms. The molecule has 2 atom stereocenters. The first-order valence-electron chi connectivity index (χ1n) is 19.8. The molecule has 9 nitrogen and oxygen atoms in total. The van der Waals surface area contributed by atoms with Gasteiger partial charge in [-0.25, -0.2) is 4.79 Å². The number of carbonyl (C=O) groups is 3. The molecule has 1 N–H and O–H groups in total. The zero-order chi connectivity index (χ0) is 39.3. The smallest absolute Gasteiger partial charge is 0.361 e. The first-order chi connectivity index (χ1) is 25.6. The van der Waals surface area contributed by atoms with Gasteiger partial charge in [-0.3, -0.25) is 9.59 Å². The lowest BCUT2D eigenvalue weighted by molar-refractivity contribution is -0.870. The lowest BCUT2D eigenvalue weighted by Gasteiger charge is -2.25. The number of allylic oxidation sites excluding steroid dienone is 13. The zero-order valence-corrected chi connectivity index (χ0v) is 33.6. The van der Waals surface area contributed by atoms with Crippen LogP contribution in [0, 0.1) is 0 Å². The van der Waals surface area contributed by atoms with Gasteiger partial charge in [0, 0.05) is 6.42 Å². The number of ether oxygens (including phenoxy) is 4. The molecule has 0 bridgehead atoms. The summed E-state index contributed by atoms with van der Waals surface area (Å²) in [7, 11) is 5.90. The molecule has 0 heterocycles. The van der Waals surface area contributed by atoms with Crippen LogP contribution >= 0.6 is 0 Å². The number of aliphatic carboxylic acids is 1. The van der Waals surface area contributed by atoms with Crippen LogP contribution in [0.25, 0.3) is 0 Å². The second kappa shape index (κ2) is 35.5. The maximum Gasteiger partial charge on any atom is 0.361 e. The summed E-state index contributed by atoms with van der Waals surface area (Å²) >= 11 is 0. The molecule has 0 aliphatic carbocycles. The number of carboxylic acids is 1. The van der Waals surface area contributed by atoms with Gasteiger partial charge in [-0.2, -0.15) is 0 Å². The summed E-state index contributed by atoms with van der Waals surface area (Å²) in [5, 5.41) is 9.59. The highest BCUT2D eigenvalue weighted by Crippen LogP contribution is 2.10. The number of carbonyl (C=O) groups excluding carboxylic acids is 2. The average molecular weight is 743 g/mol. The molecule has 0 aliphatic heterocycles. The number of likely N-dealkylation sites (N-methyl/N-ethyl adjacent to an activating group) is 1. The molecule has 0 saturated carbocycles. The maximum atomic E-state index is 12.6. The number of rotatable bonds is 34. The van der Waals surface area contributed by atoms with Gasteiger partial charge in [-0.15, -0.1) is 0 Å². The van der Waals surface area contributed by atoms with Gasteiger partial charge in [-0.05, 0) is 64.2 Å². The SMILES string of the molecule is CC/C=C\C/C=C\C/C=C\C/C=C\C/C=C\CC(=O)OC(COC(=O)CCCCCCC/C=C\C/C=C\CCC)COC(OCC[N+](C)(C)C)C(=O)O. The Kier molecular flexibility index (Phi) is 33.1. The first kappa shape index (κ1) is 49.5. The van der Waals surface area contributed by atoms with Crippen LogP contribution in [0.3, 0.4) is 0 Å². The zero-order valence-electron chi connectivity index (χ0n) is 33.6. The lowest BCUT2D eigenvalue weighted by Crippen LogP contribution is -2.40. The Bertz CT molecular complexity index is 1140. The van der Waals surface area contributed by atoms with Crippen molar-refractivity contribution < 1.29 is 42.9 Å². The first-order valence-corrected chi connectivity index (χ1v) is 19.8. The standard InChI is InChI=1S/C44H71NO8/c1-6-8-10-12-14-16-18-20-21-23-25-27-29-31-33-35-42(47)53-40(39-52-44(43(48)49)50-37-36-45(3,4)5)38-51-41(46)34-32-30-28-26-24-22-19-17-15-13-11-9-7-2/h8,10-11,13-14,16-17,19-21,25,27,31,33,40,44H,6-7,9,12,15,18,22-24,26,28-30,32,34-39H2,1-5H3/p+1/b10-8-,13-11-,16-14-,19-17-,21-20-,27-25-,33-31-. The van der Waals surface area contributed by atoms with Crippen molar-refractivity contribution in [2.24, 2.45) is 0 Å². The predicted octanol–water partition coefficient (Wildman–Crippen LogP) is 9.77. The highest BCUT2D eigenvalue weighted by atomic mass is 16.7. The van der Waals surface area contributed by atoms with Crippen molar-refractivity contribution in [1.29, 1.82) is 0 Å². The predicted molar refractivity (Wildman–Crippen MR) is 216 cm³/mol. The highest BCUT2D eigenvalue weighted by molar-refractivity contribution is 5.72. The van der Waals surface area contributed by atoms with E-state index in [2.05, 4.69) is 80.7 Å². The van der Waals surface area contributed by atoms with Crippen LogP contribution in [-0.4, -0.2) is 87.4 Å². The van der Waals surface area contributed by atoms with Gasteiger partial charge >= 0.3 is 17.9 Å². The van der Waals surface area contributed by atoms with E-state index < -0.39 is 30.3 Å². The Balaban J connectivity index is 4.72. The minimum Gasteiger partial charge on any atom is -0.477 e. The van der Waals surface area contributed by atoms with E-state index in [0.717, 1.165) is 70.6 Å². The van der Waals surface area contributed by atoms with Crippen LogP contribution in [0.2, 0.25) is 0 Å².